The highest BCUT2D eigenvalue weighted by atomic mass is 79.9. The van der Waals surface area contributed by atoms with Gasteiger partial charge in [0.05, 0.1) is 11.9 Å². The lowest BCUT2D eigenvalue weighted by atomic mass is 10.1. The third-order valence-electron chi connectivity index (χ3n) is 3.07. The van der Waals surface area contributed by atoms with Crippen molar-refractivity contribution in [1.29, 1.82) is 0 Å². The molecule has 0 atom stereocenters. The van der Waals surface area contributed by atoms with E-state index in [9.17, 15) is 0 Å². The number of nitrogens with one attached hydrogen (secondary N) is 1. The molecule has 0 saturated heterocycles. The molecule has 0 bridgehead atoms. The zero-order chi connectivity index (χ0) is 13.8. The fraction of sp³-hybridized carbons (Fsp3) is 0. The molecule has 0 amide bonds. The molecule has 0 fully saturated rings. The molecule has 3 rings (SSSR count). The van der Waals surface area contributed by atoms with Crippen molar-refractivity contribution in [2.45, 2.75) is 0 Å². The Morgan fingerprint density at radius 2 is 1.55 bits per heavy atom. The second kappa shape index (κ2) is 5.88. The van der Waals surface area contributed by atoms with Crippen LogP contribution in [0.4, 0.5) is 5.69 Å². The first-order chi connectivity index (χ1) is 9.84. The molecule has 0 aromatic heterocycles. The van der Waals surface area contributed by atoms with Gasteiger partial charge < -0.3 is 0 Å². The molecule has 0 heterocycles. The van der Waals surface area contributed by atoms with Gasteiger partial charge in [-0.1, -0.05) is 64.5 Å². The summed E-state index contributed by atoms with van der Waals surface area (Å²) >= 11 is 3.58. The number of nitrogens with zero attached hydrogens (tertiary/aromatic N) is 1. The van der Waals surface area contributed by atoms with Crippen LogP contribution >= 0.6 is 15.9 Å². The van der Waals surface area contributed by atoms with Gasteiger partial charge in [-0.2, -0.15) is 5.10 Å². The Bertz CT molecular complexity index is 751. The van der Waals surface area contributed by atoms with Gasteiger partial charge in [0.15, 0.2) is 0 Å². The van der Waals surface area contributed by atoms with Crippen LogP contribution in [0.25, 0.3) is 10.8 Å². The lowest BCUT2D eigenvalue weighted by molar-refractivity contribution is 1.35. The normalized spacial score (nSPS) is 11.1. The third kappa shape index (κ3) is 2.73. The lowest BCUT2D eigenvalue weighted by Gasteiger charge is -2.04. The van der Waals surface area contributed by atoms with Crippen LogP contribution in [0.3, 0.4) is 0 Å². The van der Waals surface area contributed by atoms with E-state index >= 15 is 0 Å². The van der Waals surface area contributed by atoms with E-state index in [0.29, 0.717) is 0 Å². The minimum Gasteiger partial charge on any atom is -0.279 e. The molecule has 0 unspecified atom stereocenters. The molecule has 3 aromatic carbocycles. The Labute approximate surface area is 126 Å². The summed E-state index contributed by atoms with van der Waals surface area (Å²) in [6, 6.07) is 22.3. The van der Waals surface area contributed by atoms with Crippen molar-refractivity contribution >= 4 is 38.6 Å². The van der Waals surface area contributed by atoms with Gasteiger partial charge in [-0.25, -0.2) is 0 Å². The molecule has 20 heavy (non-hydrogen) atoms. The van der Waals surface area contributed by atoms with Gasteiger partial charge in [-0.3, -0.25) is 5.43 Å². The van der Waals surface area contributed by atoms with Crippen molar-refractivity contribution in [1.82, 2.24) is 0 Å². The van der Waals surface area contributed by atoms with Crippen LogP contribution < -0.4 is 5.43 Å². The summed E-state index contributed by atoms with van der Waals surface area (Å²) in [5.41, 5.74) is 5.10. The number of hydrogen-bond donors (Lipinski definition) is 1. The van der Waals surface area contributed by atoms with E-state index in [0.717, 1.165) is 15.7 Å². The lowest BCUT2D eigenvalue weighted by Crippen LogP contribution is -1.91. The maximum absolute atomic E-state index is 4.30. The molecule has 0 aliphatic carbocycles. The van der Waals surface area contributed by atoms with E-state index in [1.807, 2.05) is 54.7 Å². The number of hydrazone groups is 1. The van der Waals surface area contributed by atoms with Crippen LogP contribution in [0.15, 0.2) is 76.3 Å². The average molecular weight is 325 g/mol. The molecule has 0 aliphatic rings. The molecule has 2 nitrogen and oxygen atoms in total. The first-order valence-electron chi connectivity index (χ1n) is 6.36. The number of halogens is 1. The number of fused-ring (bicyclic) bond motifs is 1. The van der Waals surface area contributed by atoms with Gasteiger partial charge in [0.25, 0.3) is 0 Å². The number of benzene rings is 3. The van der Waals surface area contributed by atoms with E-state index in [4.69, 9.17) is 0 Å². The summed E-state index contributed by atoms with van der Waals surface area (Å²) in [4.78, 5) is 0. The monoisotopic (exact) mass is 324 g/mol. The Hall–Kier alpha value is -2.13. The predicted molar refractivity (Wildman–Crippen MR) is 89.3 cm³/mol. The number of para-hydroxylation sites is 1. The molecule has 0 spiro atoms. The molecular weight excluding hydrogens is 312 g/mol. The van der Waals surface area contributed by atoms with Crippen LogP contribution in [0, 0.1) is 0 Å². The van der Waals surface area contributed by atoms with E-state index in [1.54, 1.807) is 0 Å². The summed E-state index contributed by atoms with van der Waals surface area (Å²) in [5.74, 6) is 0. The molecule has 0 aliphatic heterocycles. The van der Waals surface area contributed by atoms with Gasteiger partial charge in [-0.15, -0.1) is 0 Å². The van der Waals surface area contributed by atoms with Gasteiger partial charge >= 0.3 is 0 Å². The highest BCUT2D eigenvalue weighted by Crippen LogP contribution is 2.25. The molecule has 3 aromatic rings. The Kier molecular flexibility index (Phi) is 3.79. The molecule has 98 valence electrons. The smallest absolute Gasteiger partial charge is 0.0561 e. The van der Waals surface area contributed by atoms with E-state index in [2.05, 4.69) is 44.7 Å². The van der Waals surface area contributed by atoms with Gasteiger partial charge in [0, 0.05) is 10.0 Å². The van der Waals surface area contributed by atoms with Crippen molar-refractivity contribution in [2.75, 3.05) is 5.43 Å². The van der Waals surface area contributed by atoms with Crippen molar-refractivity contribution in [2.24, 2.45) is 5.10 Å². The van der Waals surface area contributed by atoms with Crippen LogP contribution in [-0.2, 0) is 0 Å². The van der Waals surface area contributed by atoms with Crippen LogP contribution in [-0.4, -0.2) is 6.21 Å². The molecular formula is C17H13BrN2. The standard InChI is InChI=1S/C17H13BrN2/c18-17-11-5-9-15-13(6-4-10-16(15)17)12-19-20-14-7-2-1-3-8-14/h1-12,20H/b19-12-. The predicted octanol–water partition coefficient (Wildman–Crippen LogP) is 5.05. The van der Waals surface area contributed by atoms with Gasteiger partial charge in [0.1, 0.15) is 0 Å². The number of rotatable bonds is 3. The van der Waals surface area contributed by atoms with Crippen LogP contribution in [0.2, 0.25) is 0 Å². The molecule has 0 radical (unpaired) electrons. The SMILES string of the molecule is Brc1cccc2c(/C=N\Nc3ccccc3)cccc12. The zero-order valence-electron chi connectivity index (χ0n) is 10.8. The van der Waals surface area contributed by atoms with Crippen LogP contribution in [0.1, 0.15) is 5.56 Å². The largest absolute Gasteiger partial charge is 0.279 e. The maximum Gasteiger partial charge on any atom is 0.0561 e. The first kappa shape index (κ1) is 12.9. The molecule has 3 heteroatoms. The minimum atomic E-state index is 0.977. The Morgan fingerprint density at radius 3 is 2.40 bits per heavy atom. The topological polar surface area (TPSA) is 24.4 Å². The zero-order valence-corrected chi connectivity index (χ0v) is 12.3. The van der Waals surface area contributed by atoms with Crippen molar-refractivity contribution in [3.8, 4) is 0 Å². The Morgan fingerprint density at radius 1 is 0.800 bits per heavy atom. The quantitative estimate of drug-likeness (QED) is 0.529. The second-order valence-corrected chi connectivity index (χ2v) is 5.27. The van der Waals surface area contributed by atoms with E-state index < -0.39 is 0 Å². The van der Waals surface area contributed by atoms with Crippen molar-refractivity contribution in [3.63, 3.8) is 0 Å². The minimum absolute atomic E-state index is 0.977. The highest BCUT2D eigenvalue weighted by molar-refractivity contribution is 9.10. The summed E-state index contributed by atoms with van der Waals surface area (Å²) in [7, 11) is 0. The number of anilines is 1. The highest BCUT2D eigenvalue weighted by Gasteiger charge is 2.01. The second-order valence-electron chi connectivity index (χ2n) is 4.42. The maximum atomic E-state index is 4.30. The molecule has 1 N–H and O–H groups in total. The summed E-state index contributed by atoms with van der Waals surface area (Å²) in [6.07, 6.45) is 1.85. The summed E-state index contributed by atoms with van der Waals surface area (Å²) < 4.78 is 1.10. The fourth-order valence-corrected chi connectivity index (χ4v) is 2.60. The van der Waals surface area contributed by atoms with Gasteiger partial charge in [0.2, 0.25) is 0 Å². The summed E-state index contributed by atoms with van der Waals surface area (Å²) in [6.45, 7) is 0. The first-order valence-corrected chi connectivity index (χ1v) is 7.15. The average Bonchev–Trinajstić information content (AvgIpc) is 2.49. The van der Waals surface area contributed by atoms with Crippen LogP contribution in [0.5, 0.6) is 0 Å². The number of hydrogen-bond acceptors (Lipinski definition) is 2. The Balaban J connectivity index is 1.90. The fourth-order valence-electron chi connectivity index (χ4n) is 2.10. The van der Waals surface area contributed by atoms with E-state index in [-0.39, 0.29) is 0 Å². The third-order valence-corrected chi connectivity index (χ3v) is 3.77. The van der Waals surface area contributed by atoms with Crippen molar-refractivity contribution in [3.05, 3.63) is 76.8 Å². The summed E-state index contributed by atoms with van der Waals surface area (Å²) in [5, 5.41) is 6.67. The molecule has 0 saturated carbocycles. The van der Waals surface area contributed by atoms with E-state index in [1.165, 1.54) is 10.8 Å². The van der Waals surface area contributed by atoms with Crippen molar-refractivity contribution < 1.29 is 0 Å². The van der Waals surface area contributed by atoms with Gasteiger partial charge in [-0.05, 0) is 29.0 Å².